The molecule has 0 atom stereocenters. The topological polar surface area (TPSA) is 29.9 Å². The monoisotopic (exact) mass is 263 g/mol. The third-order valence-electron chi connectivity index (χ3n) is 3.05. The lowest BCUT2D eigenvalue weighted by atomic mass is 10.1. The lowest BCUT2D eigenvalue weighted by Gasteiger charge is -2.06. The van der Waals surface area contributed by atoms with Gasteiger partial charge in [0.15, 0.2) is 0 Å². The van der Waals surface area contributed by atoms with Crippen LogP contribution in [0.4, 0.5) is 0 Å². The summed E-state index contributed by atoms with van der Waals surface area (Å²) in [6.45, 7) is 8.37. The number of hydrogen-bond donors (Lipinski definition) is 1. The van der Waals surface area contributed by atoms with Gasteiger partial charge in [0.25, 0.3) is 0 Å². The zero-order chi connectivity index (χ0) is 13.1. The number of aromatic nitrogens is 2. The van der Waals surface area contributed by atoms with Crippen LogP contribution in [0.2, 0.25) is 0 Å². The Morgan fingerprint density at radius 2 is 2.17 bits per heavy atom. The first-order valence-electron chi connectivity index (χ1n) is 6.34. The van der Waals surface area contributed by atoms with E-state index in [0.29, 0.717) is 5.92 Å². The fraction of sp³-hybridized carbons (Fsp3) is 0.500. The lowest BCUT2D eigenvalue weighted by molar-refractivity contribution is 0.682. The summed E-state index contributed by atoms with van der Waals surface area (Å²) in [6.07, 6.45) is 2.11. The molecule has 0 amide bonds. The average molecular weight is 263 g/mol. The van der Waals surface area contributed by atoms with Crippen LogP contribution in [0.5, 0.6) is 0 Å². The van der Waals surface area contributed by atoms with Crippen molar-refractivity contribution in [2.45, 2.75) is 39.8 Å². The van der Waals surface area contributed by atoms with Gasteiger partial charge in [0.1, 0.15) is 0 Å². The Morgan fingerprint density at radius 1 is 1.39 bits per heavy atom. The van der Waals surface area contributed by atoms with Crippen molar-refractivity contribution < 1.29 is 0 Å². The minimum atomic E-state index is 0.478. The Labute approximate surface area is 113 Å². The molecule has 0 spiro atoms. The minimum Gasteiger partial charge on any atom is -0.308 e. The number of aryl methyl sites for hydroxylation is 2. The molecule has 18 heavy (non-hydrogen) atoms. The van der Waals surface area contributed by atoms with Gasteiger partial charge in [0.05, 0.1) is 5.69 Å². The number of nitrogens with zero attached hydrogens (tertiary/aromatic N) is 2. The van der Waals surface area contributed by atoms with Crippen LogP contribution in [0, 0.1) is 6.92 Å². The number of thiophene rings is 1. The van der Waals surface area contributed by atoms with Crippen molar-refractivity contribution in [2.24, 2.45) is 7.05 Å². The van der Waals surface area contributed by atoms with Gasteiger partial charge in [0, 0.05) is 36.8 Å². The highest BCUT2D eigenvalue weighted by Gasteiger charge is 2.11. The van der Waals surface area contributed by atoms with E-state index in [9.17, 15) is 0 Å². The maximum atomic E-state index is 4.52. The maximum Gasteiger partial charge on any atom is 0.0694 e. The van der Waals surface area contributed by atoms with E-state index in [1.165, 1.54) is 21.7 Å². The molecule has 4 heteroatoms. The SMILES string of the molecule is Cc1ccsc1CNCc1cn(C)nc1C(C)C. The standard InChI is InChI=1S/C14H21N3S/c1-10(2)14-12(9-17(4)16-14)7-15-8-13-11(3)5-6-18-13/h5-6,9-10,15H,7-8H2,1-4H3. The molecule has 0 bridgehead atoms. The van der Waals surface area contributed by atoms with Gasteiger partial charge in [-0.15, -0.1) is 11.3 Å². The maximum absolute atomic E-state index is 4.52. The normalized spacial score (nSPS) is 11.4. The van der Waals surface area contributed by atoms with Crippen LogP contribution in [-0.2, 0) is 20.1 Å². The number of rotatable bonds is 5. The van der Waals surface area contributed by atoms with Crippen molar-refractivity contribution in [3.05, 3.63) is 39.3 Å². The van der Waals surface area contributed by atoms with E-state index in [2.05, 4.69) is 48.8 Å². The summed E-state index contributed by atoms with van der Waals surface area (Å²) in [5.41, 5.74) is 3.89. The quantitative estimate of drug-likeness (QED) is 0.897. The zero-order valence-corrected chi connectivity index (χ0v) is 12.3. The van der Waals surface area contributed by atoms with E-state index in [0.717, 1.165) is 13.1 Å². The molecular formula is C14H21N3S. The van der Waals surface area contributed by atoms with Gasteiger partial charge in [-0.05, 0) is 29.9 Å². The number of hydrogen-bond acceptors (Lipinski definition) is 3. The van der Waals surface area contributed by atoms with Gasteiger partial charge < -0.3 is 5.32 Å². The Kier molecular flexibility index (Phi) is 4.19. The van der Waals surface area contributed by atoms with E-state index in [1.54, 1.807) is 0 Å². The minimum absolute atomic E-state index is 0.478. The van der Waals surface area contributed by atoms with Crippen molar-refractivity contribution in [3.63, 3.8) is 0 Å². The summed E-state index contributed by atoms with van der Waals surface area (Å²) in [6, 6.07) is 2.17. The third kappa shape index (κ3) is 3.00. The molecule has 0 unspecified atom stereocenters. The van der Waals surface area contributed by atoms with Crippen LogP contribution in [0.1, 0.15) is 41.5 Å². The van der Waals surface area contributed by atoms with Gasteiger partial charge in [-0.3, -0.25) is 4.68 Å². The molecule has 0 fully saturated rings. The summed E-state index contributed by atoms with van der Waals surface area (Å²) < 4.78 is 1.91. The Hall–Kier alpha value is -1.13. The predicted octanol–water partition coefficient (Wildman–Crippen LogP) is 3.20. The second-order valence-corrected chi connectivity index (χ2v) is 6.00. The highest BCUT2D eigenvalue weighted by atomic mass is 32.1. The molecule has 3 nitrogen and oxygen atoms in total. The predicted molar refractivity (Wildman–Crippen MR) is 76.9 cm³/mol. The summed E-state index contributed by atoms with van der Waals surface area (Å²) in [4.78, 5) is 1.42. The smallest absolute Gasteiger partial charge is 0.0694 e. The molecular weight excluding hydrogens is 242 g/mol. The summed E-state index contributed by atoms with van der Waals surface area (Å²) in [7, 11) is 1.98. The van der Waals surface area contributed by atoms with Crippen molar-refractivity contribution >= 4 is 11.3 Å². The highest BCUT2D eigenvalue weighted by molar-refractivity contribution is 7.10. The first kappa shape index (κ1) is 13.3. The fourth-order valence-electron chi connectivity index (χ4n) is 2.07. The molecule has 0 radical (unpaired) electrons. The molecule has 2 heterocycles. The highest BCUT2D eigenvalue weighted by Crippen LogP contribution is 2.18. The molecule has 1 N–H and O–H groups in total. The summed E-state index contributed by atoms with van der Waals surface area (Å²) in [5.74, 6) is 0.478. The van der Waals surface area contributed by atoms with Crippen molar-refractivity contribution in [2.75, 3.05) is 0 Å². The van der Waals surface area contributed by atoms with Crippen LogP contribution < -0.4 is 5.32 Å². The van der Waals surface area contributed by atoms with E-state index >= 15 is 0 Å². The largest absolute Gasteiger partial charge is 0.308 e. The lowest BCUT2D eigenvalue weighted by Crippen LogP contribution is -2.13. The third-order valence-corrected chi connectivity index (χ3v) is 4.08. The van der Waals surface area contributed by atoms with Crippen molar-refractivity contribution in [3.8, 4) is 0 Å². The summed E-state index contributed by atoms with van der Waals surface area (Å²) in [5, 5.41) is 10.2. The van der Waals surface area contributed by atoms with Crippen LogP contribution in [0.15, 0.2) is 17.6 Å². The number of nitrogens with one attached hydrogen (secondary N) is 1. The molecule has 0 aromatic carbocycles. The summed E-state index contributed by atoms with van der Waals surface area (Å²) >= 11 is 1.82. The fourth-order valence-corrected chi connectivity index (χ4v) is 2.95. The first-order chi connectivity index (χ1) is 8.58. The average Bonchev–Trinajstić information content (AvgIpc) is 2.86. The van der Waals surface area contributed by atoms with Gasteiger partial charge in [-0.25, -0.2) is 0 Å². The van der Waals surface area contributed by atoms with Crippen molar-refractivity contribution in [1.82, 2.24) is 15.1 Å². The zero-order valence-electron chi connectivity index (χ0n) is 11.5. The molecule has 98 valence electrons. The van der Waals surface area contributed by atoms with Crippen LogP contribution >= 0.6 is 11.3 Å². The van der Waals surface area contributed by atoms with E-state index in [-0.39, 0.29) is 0 Å². The molecule has 2 aromatic rings. The molecule has 0 saturated carbocycles. The van der Waals surface area contributed by atoms with Gasteiger partial charge in [-0.1, -0.05) is 13.8 Å². The van der Waals surface area contributed by atoms with Gasteiger partial charge in [0.2, 0.25) is 0 Å². The second kappa shape index (κ2) is 5.67. The van der Waals surface area contributed by atoms with Crippen LogP contribution in [0.3, 0.4) is 0 Å². The van der Waals surface area contributed by atoms with Gasteiger partial charge >= 0.3 is 0 Å². The molecule has 2 rings (SSSR count). The Morgan fingerprint density at radius 3 is 2.78 bits per heavy atom. The first-order valence-corrected chi connectivity index (χ1v) is 7.22. The molecule has 0 aliphatic carbocycles. The molecule has 0 aliphatic heterocycles. The Balaban J connectivity index is 1.96. The van der Waals surface area contributed by atoms with E-state index in [4.69, 9.17) is 0 Å². The Bertz CT molecular complexity index is 511. The van der Waals surface area contributed by atoms with Gasteiger partial charge in [-0.2, -0.15) is 5.10 Å². The molecule has 0 aliphatic rings. The van der Waals surface area contributed by atoms with E-state index in [1.807, 2.05) is 23.1 Å². The second-order valence-electron chi connectivity index (χ2n) is 5.00. The van der Waals surface area contributed by atoms with E-state index < -0.39 is 0 Å². The molecule has 0 saturated heterocycles. The van der Waals surface area contributed by atoms with Crippen LogP contribution in [0.25, 0.3) is 0 Å². The van der Waals surface area contributed by atoms with Crippen LogP contribution in [-0.4, -0.2) is 9.78 Å². The van der Waals surface area contributed by atoms with Crippen molar-refractivity contribution in [1.29, 1.82) is 0 Å². The molecule has 2 aromatic heterocycles.